The molecule has 1 aliphatic heterocycles. The molecule has 0 radical (unpaired) electrons. The average Bonchev–Trinajstić information content (AvgIpc) is 2.74. The molecule has 0 unspecified atom stereocenters. The molecule has 1 saturated heterocycles. The van der Waals surface area contributed by atoms with Crippen LogP contribution in [0.4, 0.5) is 0 Å². The first-order valence-corrected chi connectivity index (χ1v) is 11.5. The number of carbonyl (C=O) groups is 1. The first-order chi connectivity index (χ1) is 14.3. The molecule has 2 aromatic carbocycles. The summed E-state index contributed by atoms with van der Waals surface area (Å²) < 4.78 is 25.8. The highest BCUT2D eigenvalue weighted by atomic mass is 32.2. The van der Waals surface area contributed by atoms with Gasteiger partial charge in [-0.3, -0.25) is 9.59 Å². The lowest BCUT2D eigenvalue weighted by molar-refractivity contribution is -0.133. The zero-order chi connectivity index (χ0) is 21.3. The Morgan fingerprint density at radius 3 is 2.40 bits per heavy atom. The van der Waals surface area contributed by atoms with E-state index in [-0.39, 0.29) is 31.1 Å². The van der Waals surface area contributed by atoms with Crippen molar-refractivity contribution in [1.29, 1.82) is 0 Å². The van der Waals surface area contributed by atoms with Crippen LogP contribution in [-0.2, 0) is 21.4 Å². The molecular weight excluding hydrogens is 404 g/mol. The predicted molar refractivity (Wildman–Crippen MR) is 114 cm³/mol. The van der Waals surface area contributed by atoms with Crippen LogP contribution in [0.25, 0.3) is 22.0 Å². The van der Waals surface area contributed by atoms with Crippen LogP contribution in [0.1, 0.15) is 0 Å². The fraction of sp³-hybridized carbons (Fsp3) is 0.286. The number of sulfonamides is 1. The Morgan fingerprint density at radius 2 is 1.67 bits per heavy atom. The van der Waals surface area contributed by atoms with Crippen molar-refractivity contribution in [3.05, 3.63) is 65.0 Å². The van der Waals surface area contributed by atoms with E-state index in [0.29, 0.717) is 18.8 Å². The first-order valence-electron chi connectivity index (χ1n) is 9.62. The van der Waals surface area contributed by atoms with Gasteiger partial charge in [-0.25, -0.2) is 13.1 Å². The van der Waals surface area contributed by atoms with Crippen LogP contribution in [-0.4, -0.2) is 65.7 Å². The number of hydrogen-bond donors (Lipinski definition) is 0. The third kappa shape index (κ3) is 4.12. The topological polar surface area (TPSA) is 92.6 Å². The lowest BCUT2D eigenvalue weighted by atomic mass is 10.0. The number of carbonyl (C=O) groups excluding carboxylic acids is 1. The monoisotopic (exact) mass is 426 g/mol. The Morgan fingerprint density at radius 1 is 0.967 bits per heavy atom. The lowest BCUT2D eigenvalue weighted by Gasteiger charge is -2.33. The highest BCUT2D eigenvalue weighted by Crippen LogP contribution is 2.26. The zero-order valence-electron chi connectivity index (χ0n) is 16.6. The third-order valence-corrected chi connectivity index (χ3v) is 6.58. The summed E-state index contributed by atoms with van der Waals surface area (Å²) in [5.74, 6) is -0.257. The van der Waals surface area contributed by atoms with Crippen molar-refractivity contribution in [2.24, 2.45) is 0 Å². The van der Waals surface area contributed by atoms with Crippen molar-refractivity contribution in [1.82, 2.24) is 19.0 Å². The van der Waals surface area contributed by atoms with Gasteiger partial charge in [0.15, 0.2) is 0 Å². The van der Waals surface area contributed by atoms with Crippen LogP contribution in [0, 0.1) is 0 Å². The van der Waals surface area contributed by atoms with E-state index in [1.165, 1.54) is 15.1 Å². The van der Waals surface area contributed by atoms with Gasteiger partial charge in [0.2, 0.25) is 15.9 Å². The minimum Gasteiger partial charge on any atom is -0.338 e. The van der Waals surface area contributed by atoms with Crippen molar-refractivity contribution in [3.8, 4) is 11.3 Å². The molecule has 8 nitrogen and oxygen atoms in total. The molecule has 3 aromatic rings. The minimum absolute atomic E-state index is 0.184. The molecule has 0 spiro atoms. The Labute approximate surface area is 174 Å². The number of benzene rings is 2. The fourth-order valence-electron chi connectivity index (χ4n) is 3.65. The van der Waals surface area contributed by atoms with Crippen LogP contribution >= 0.6 is 0 Å². The van der Waals surface area contributed by atoms with Crippen molar-refractivity contribution >= 4 is 26.7 Å². The second kappa shape index (κ2) is 8.00. The quantitative estimate of drug-likeness (QED) is 0.624. The molecule has 2 heterocycles. The average molecular weight is 426 g/mol. The van der Waals surface area contributed by atoms with Gasteiger partial charge in [-0.2, -0.15) is 9.40 Å². The third-order valence-electron chi connectivity index (χ3n) is 5.28. The van der Waals surface area contributed by atoms with Crippen LogP contribution < -0.4 is 5.56 Å². The van der Waals surface area contributed by atoms with Gasteiger partial charge in [0.05, 0.1) is 11.9 Å². The van der Waals surface area contributed by atoms with Crippen molar-refractivity contribution in [2.45, 2.75) is 6.54 Å². The summed E-state index contributed by atoms with van der Waals surface area (Å²) in [5, 5.41) is 6.51. The number of piperazine rings is 1. The van der Waals surface area contributed by atoms with Crippen LogP contribution in [0.15, 0.2) is 59.4 Å². The first kappa shape index (κ1) is 20.2. The van der Waals surface area contributed by atoms with Crippen LogP contribution in [0.5, 0.6) is 0 Å². The normalized spacial score (nSPS) is 15.4. The molecule has 9 heteroatoms. The number of rotatable bonds is 4. The highest BCUT2D eigenvalue weighted by molar-refractivity contribution is 7.88. The van der Waals surface area contributed by atoms with E-state index >= 15 is 0 Å². The van der Waals surface area contributed by atoms with E-state index in [1.54, 1.807) is 11.0 Å². The van der Waals surface area contributed by atoms with E-state index < -0.39 is 10.0 Å². The molecule has 0 bridgehead atoms. The SMILES string of the molecule is CS(=O)(=O)N1CCN(C(=O)Cn2nc(-c3cccc4ccccc34)ccc2=O)CC1. The van der Waals surface area contributed by atoms with E-state index in [2.05, 4.69) is 5.10 Å². The summed E-state index contributed by atoms with van der Waals surface area (Å²) in [6.07, 6.45) is 1.16. The van der Waals surface area contributed by atoms with Gasteiger partial charge in [0.1, 0.15) is 6.54 Å². The largest absolute Gasteiger partial charge is 0.338 e. The maximum Gasteiger partial charge on any atom is 0.267 e. The summed E-state index contributed by atoms with van der Waals surface area (Å²) in [7, 11) is -3.27. The summed E-state index contributed by atoms with van der Waals surface area (Å²) in [6, 6.07) is 16.9. The van der Waals surface area contributed by atoms with Gasteiger partial charge in [-0.05, 0) is 16.8 Å². The minimum atomic E-state index is -3.27. The molecular formula is C21H22N4O4S. The lowest BCUT2D eigenvalue weighted by Crippen LogP contribution is -2.51. The summed E-state index contributed by atoms with van der Waals surface area (Å²) >= 11 is 0. The van der Waals surface area contributed by atoms with Crippen molar-refractivity contribution in [2.75, 3.05) is 32.4 Å². The van der Waals surface area contributed by atoms with Gasteiger partial charge in [-0.1, -0.05) is 42.5 Å². The second-order valence-electron chi connectivity index (χ2n) is 7.28. The molecule has 4 rings (SSSR count). The molecule has 0 N–H and O–H groups in total. The molecule has 0 saturated carbocycles. The van der Waals surface area contributed by atoms with Gasteiger partial charge in [0, 0.05) is 37.8 Å². The second-order valence-corrected chi connectivity index (χ2v) is 9.27. The standard InChI is InChI=1S/C21H22N4O4S/c1-30(28,29)24-13-11-23(12-14-24)21(27)15-25-20(26)10-9-19(22-25)18-8-4-6-16-5-2-3-7-17(16)18/h2-10H,11-15H2,1H3. The van der Waals surface area contributed by atoms with Gasteiger partial charge >= 0.3 is 0 Å². The van der Waals surface area contributed by atoms with Gasteiger partial charge in [0.25, 0.3) is 5.56 Å². The number of nitrogens with zero attached hydrogens (tertiary/aromatic N) is 4. The number of aromatic nitrogens is 2. The van der Waals surface area contributed by atoms with Crippen LogP contribution in [0.3, 0.4) is 0 Å². The molecule has 0 aliphatic carbocycles. The Balaban J connectivity index is 1.56. The van der Waals surface area contributed by atoms with Gasteiger partial charge < -0.3 is 4.90 Å². The summed E-state index contributed by atoms with van der Waals surface area (Å²) in [6.45, 7) is 0.912. The smallest absolute Gasteiger partial charge is 0.267 e. The Hall–Kier alpha value is -3.04. The van der Waals surface area contributed by atoms with E-state index in [0.717, 1.165) is 22.6 Å². The van der Waals surface area contributed by atoms with E-state index in [4.69, 9.17) is 0 Å². The summed E-state index contributed by atoms with van der Waals surface area (Å²) in [5.41, 5.74) is 1.14. The molecule has 0 atom stereocenters. The number of amides is 1. The van der Waals surface area contributed by atoms with Gasteiger partial charge in [-0.15, -0.1) is 0 Å². The molecule has 156 valence electrons. The zero-order valence-corrected chi connectivity index (χ0v) is 17.4. The molecule has 1 amide bonds. The maximum atomic E-state index is 12.7. The number of fused-ring (bicyclic) bond motifs is 1. The maximum absolute atomic E-state index is 12.7. The summed E-state index contributed by atoms with van der Waals surface area (Å²) in [4.78, 5) is 26.6. The predicted octanol–water partition coefficient (Wildman–Crippen LogP) is 1.17. The van der Waals surface area contributed by atoms with Crippen LogP contribution in [0.2, 0.25) is 0 Å². The molecule has 30 heavy (non-hydrogen) atoms. The molecule has 1 aromatic heterocycles. The molecule has 1 aliphatic rings. The van der Waals surface area contributed by atoms with E-state index in [1.807, 2.05) is 42.5 Å². The van der Waals surface area contributed by atoms with E-state index in [9.17, 15) is 18.0 Å². The van der Waals surface area contributed by atoms with Crippen molar-refractivity contribution in [3.63, 3.8) is 0 Å². The number of hydrogen-bond acceptors (Lipinski definition) is 5. The molecule has 1 fully saturated rings. The van der Waals surface area contributed by atoms with Crippen molar-refractivity contribution < 1.29 is 13.2 Å². The Kier molecular flexibility index (Phi) is 5.40. The Bertz CT molecular complexity index is 1260. The highest BCUT2D eigenvalue weighted by Gasteiger charge is 2.26. The fourth-order valence-corrected chi connectivity index (χ4v) is 4.48.